The van der Waals surface area contributed by atoms with Crippen molar-refractivity contribution in [2.24, 2.45) is 0 Å². The number of hydroxylamine groups is 6. The molecule has 2 heterocycles. The van der Waals surface area contributed by atoms with E-state index in [-0.39, 0.29) is 64.4 Å². The number of hydrogen-bond acceptors (Lipinski definition) is 22. The quantitative estimate of drug-likeness (QED) is 0.0130. The van der Waals surface area contributed by atoms with Gasteiger partial charge in [0, 0.05) is 71.4 Å². The number of hydrogen-bond donors (Lipinski definition) is 13. The Morgan fingerprint density at radius 1 is 0.642 bits per heavy atom. The highest BCUT2D eigenvalue weighted by Crippen LogP contribution is 2.28. The number of unbranched alkanes of at least 4 members (excludes halogenated alkanes) is 5. The topological polar surface area (TPSA) is 405 Å². The van der Waals surface area contributed by atoms with Crippen LogP contribution in [0, 0.1) is 0 Å². The van der Waals surface area contributed by atoms with Crippen LogP contribution >= 0.6 is 0 Å². The molecule has 27 heteroatoms. The number of rotatable bonds is 32. The fourth-order valence-electron chi connectivity index (χ4n) is 6.70. The smallest absolute Gasteiger partial charge is 0.306 e. The average Bonchev–Trinajstić information content (AvgIpc) is 3.31. The maximum Gasteiger partial charge on any atom is 0.306 e. The van der Waals surface area contributed by atoms with E-state index in [9.17, 15) is 79.8 Å². The monoisotopic (exact) mass is 970 g/mol. The summed E-state index contributed by atoms with van der Waals surface area (Å²) in [6.07, 6.45) is -14.2. The summed E-state index contributed by atoms with van der Waals surface area (Å²) < 4.78 is 21.0. The molecule has 0 aromatic heterocycles. The second-order valence-electron chi connectivity index (χ2n) is 16.0. The molecule has 0 radical (unpaired) electrons. The third kappa shape index (κ3) is 21.0. The molecule has 2 rings (SSSR count). The second-order valence-corrected chi connectivity index (χ2v) is 16.0. The molecule has 2 saturated heterocycles. The third-order valence-electron chi connectivity index (χ3n) is 10.8. The molecule has 67 heavy (non-hydrogen) atoms. The van der Waals surface area contributed by atoms with E-state index in [2.05, 4.69) is 16.0 Å². The predicted octanol–water partition coefficient (Wildman–Crippen LogP) is -4.71. The number of nitrogens with one attached hydrogen (secondary N) is 3. The number of carbonyl (C=O) groups excluding carboxylic acids is 7. The molecule has 0 saturated carbocycles. The Bertz CT molecular complexity index is 1550. The van der Waals surface area contributed by atoms with Crippen LogP contribution in [0.2, 0.25) is 0 Å². The minimum absolute atomic E-state index is 0.0211. The minimum atomic E-state index is -2.11. The average molecular weight is 971 g/mol. The van der Waals surface area contributed by atoms with E-state index < -0.39 is 123 Å². The van der Waals surface area contributed by atoms with Crippen molar-refractivity contribution in [2.75, 3.05) is 59.6 Å². The van der Waals surface area contributed by atoms with Gasteiger partial charge in [0.15, 0.2) is 6.29 Å². The third-order valence-corrected chi connectivity index (χ3v) is 10.8. The summed E-state index contributed by atoms with van der Waals surface area (Å²) in [5.41, 5.74) is 0. The number of aliphatic hydroxyl groups is 7. The lowest BCUT2D eigenvalue weighted by Crippen LogP contribution is -2.65. The van der Waals surface area contributed by atoms with Crippen LogP contribution in [0.5, 0.6) is 0 Å². The highest BCUT2D eigenvalue weighted by atomic mass is 16.7. The van der Waals surface area contributed by atoms with E-state index in [4.69, 9.17) is 24.1 Å². The molecule has 386 valence electrons. The summed E-state index contributed by atoms with van der Waals surface area (Å²) >= 11 is 0. The molecule has 0 aromatic rings. The van der Waals surface area contributed by atoms with Crippen molar-refractivity contribution in [2.45, 2.75) is 151 Å². The van der Waals surface area contributed by atoms with E-state index in [1.165, 1.54) is 7.05 Å². The Kier molecular flexibility index (Phi) is 28.1. The summed E-state index contributed by atoms with van der Waals surface area (Å²) in [5, 5.41) is 110. The summed E-state index contributed by atoms with van der Waals surface area (Å²) in [5.74, 6) is -5.03. The number of likely N-dealkylation sites (N-methyl/N-ethyl adjacent to an activating group) is 1. The lowest BCUT2D eigenvalue weighted by atomic mass is 9.94. The zero-order valence-corrected chi connectivity index (χ0v) is 37.6. The van der Waals surface area contributed by atoms with E-state index in [0.717, 1.165) is 0 Å². The number of amides is 5. The van der Waals surface area contributed by atoms with Crippen molar-refractivity contribution in [3.8, 4) is 0 Å². The number of aliphatic hydroxyl groups excluding tert-OH is 7. The van der Waals surface area contributed by atoms with Gasteiger partial charge in [0.1, 0.15) is 49.3 Å². The predicted molar refractivity (Wildman–Crippen MR) is 223 cm³/mol. The van der Waals surface area contributed by atoms with Crippen molar-refractivity contribution in [3.63, 3.8) is 0 Å². The van der Waals surface area contributed by atoms with Gasteiger partial charge in [-0.25, -0.2) is 15.2 Å². The molecule has 0 spiro atoms. The van der Waals surface area contributed by atoms with Gasteiger partial charge in [-0.15, -0.1) is 0 Å². The number of ketones is 1. The number of carbonyl (C=O) groups is 7. The first-order valence-electron chi connectivity index (χ1n) is 22.3. The van der Waals surface area contributed by atoms with Crippen molar-refractivity contribution in [1.82, 2.24) is 31.1 Å². The fourth-order valence-corrected chi connectivity index (χ4v) is 6.70. The first kappa shape index (κ1) is 59.1. The summed E-state index contributed by atoms with van der Waals surface area (Å²) in [4.78, 5) is 85.5. The van der Waals surface area contributed by atoms with Gasteiger partial charge in [-0.05, 0) is 58.4 Å². The fraction of sp³-hybridized carbons (Fsp3) is 0.825. The normalized spacial score (nSPS) is 24.3. The van der Waals surface area contributed by atoms with Gasteiger partial charge in [0.25, 0.3) is 0 Å². The molecule has 13 N–H and O–H groups in total. The molecule has 0 aliphatic carbocycles. The molecular weight excluding hydrogens is 900 g/mol. The Morgan fingerprint density at radius 3 is 1.61 bits per heavy atom. The van der Waals surface area contributed by atoms with Gasteiger partial charge < -0.3 is 70.6 Å². The van der Waals surface area contributed by atoms with Crippen LogP contribution in [0.3, 0.4) is 0 Å². The van der Waals surface area contributed by atoms with Crippen LogP contribution in [0.15, 0.2) is 0 Å². The van der Waals surface area contributed by atoms with E-state index in [1.807, 2.05) is 0 Å². The maximum absolute atomic E-state index is 12.6. The van der Waals surface area contributed by atoms with Crippen molar-refractivity contribution < 1.29 is 104 Å². The van der Waals surface area contributed by atoms with Crippen LogP contribution in [-0.2, 0) is 52.5 Å². The van der Waals surface area contributed by atoms with Crippen LogP contribution < -0.4 is 16.0 Å². The van der Waals surface area contributed by atoms with Crippen LogP contribution in [0.25, 0.3) is 0 Å². The van der Waals surface area contributed by atoms with Gasteiger partial charge >= 0.3 is 5.97 Å². The van der Waals surface area contributed by atoms with Gasteiger partial charge in [0.2, 0.25) is 41.6 Å². The van der Waals surface area contributed by atoms with Crippen molar-refractivity contribution in [1.29, 1.82) is 0 Å². The van der Waals surface area contributed by atoms with Crippen LogP contribution in [0.4, 0.5) is 0 Å². The first-order chi connectivity index (χ1) is 31.9. The van der Waals surface area contributed by atoms with E-state index in [0.29, 0.717) is 73.1 Å². The van der Waals surface area contributed by atoms with E-state index >= 15 is 0 Å². The van der Waals surface area contributed by atoms with Gasteiger partial charge in [0.05, 0.1) is 19.1 Å². The van der Waals surface area contributed by atoms with Crippen LogP contribution in [0.1, 0.15) is 89.9 Å². The largest absolute Gasteiger partial charge is 0.463 e. The molecule has 1 unspecified atom stereocenters. The first-order valence-corrected chi connectivity index (χ1v) is 22.3. The van der Waals surface area contributed by atoms with Gasteiger partial charge in [-0.1, -0.05) is 0 Å². The Balaban J connectivity index is 1.56. The van der Waals surface area contributed by atoms with Gasteiger partial charge in [-0.2, -0.15) is 0 Å². The molecule has 10 atom stereocenters. The van der Waals surface area contributed by atoms with E-state index in [1.54, 1.807) is 0 Å². The molecule has 2 fully saturated rings. The standard InChI is InChI=1S/C40H70N6O21/c1-41-24(22-48)37-34(57)35(58)38(39(60)66-37)67-40-36(59)33(56)32(55)25(65-40)23-64-31(54)15-14-30(53)45(62)19-7-3-5-17-42-26(49)10-12-28(51)44(61)18-6-2-4-16-43-27(50)11-13-29(52)46(63)20-8-9-21-47/h24-25,32-35,37-41,47-48,55-58,60-63H,2-23H2,1H3,(H,42,49)(H,43,50)/t24?,25-,32-,33+,34+,35+,37-,38-,39+,40-/m1/s1. The second kappa shape index (κ2) is 31.9. The number of esters is 1. The Labute approximate surface area is 386 Å². The molecule has 2 aliphatic heterocycles. The van der Waals surface area contributed by atoms with Crippen molar-refractivity contribution >= 4 is 41.3 Å². The number of ether oxygens (including phenoxy) is 4. The lowest BCUT2D eigenvalue weighted by molar-refractivity contribution is -0.331. The summed E-state index contributed by atoms with van der Waals surface area (Å²) in [6.45, 7) is -0.785. The Morgan fingerprint density at radius 2 is 1.13 bits per heavy atom. The highest BCUT2D eigenvalue weighted by molar-refractivity contribution is 5.87. The number of nitrogens with zero attached hydrogens (tertiary/aromatic N) is 3. The lowest BCUT2D eigenvalue weighted by Gasteiger charge is -2.44. The number of Topliss-reactive ketones (excluding diaryl/α,β-unsaturated/α-hetero) is 1. The van der Waals surface area contributed by atoms with Gasteiger partial charge in [-0.3, -0.25) is 49.2 Å². The van der Waals surface area contributed by atoms with Crippen molar-refractivity contribution in [3.05, 3.63) is 0 Å². The SMILES string of the molecule is CNC(CO)[C@H]1O[C@H](O)[C@H](O[C@H]2O[C@H](COC(=O)CCC(=O)N(O)CCCCCNC(=O)CCC(=O)N(O)CCCCCNC(=O)CCC(=O)N(O)CCCCO)[C@@H](O)[C@H](O)C2=O)[C@@H](O)[C@@H]1O. The Hall–Kier alpha value is -4.07. The van der Waals surface area contributed by atoms with Crippen LogP contribution in [-0.4, -0.2) is 229 Å². The molecule has 0 aromatic carbocycles. The molecule has 2 aliphatic rings. The zero-order valence-electron chi connectivity index (χ0n) is 37.6. The molecule has 5 amide bonds. The molecule has 27 nitrogen and oxygen atoms in total. The summed E-state index contributed by atoms with van der Waals surface area (Å²) in [7, 11) is 1.44. The summed E-state index contributed by atoms with van der Waals surface area (Å²) in [6, 6.07) is -0.901. The zero-order chi connectivity index (χ0) is 50.1. The highest BCUT2D eigenvalue weighted by Gasteiger charge is 2.51. The maximum atomic E-state index is 12.6. The molecule has 0 bridgehead atoms. The molecular formula is C40H70N6O21. The minimum Gasteiger partial charge on any atom is -0.463 e.